The van der Waals surface area contributed by atoms with Gasteiger partial charge < -0.3 is 9.52 Å². The maximum Gasteiger partial charge on any atom is 0.196 e. The number of carbonyl (C=O) groups is 1. The monoisotopic (exact) mass is 394 g/mol. The number of rotatable bonds is 6. The molecule has 0 atom stereocenters. The predicted octanol–water partition coefficient (Wildman–Crippen LogP) is 5.82. The Bertz CT molecular complexity index is 1000. The number of aliphatic hydroxyl groups excluding tert-OH is 1. The average Bonchev–Trinajstić information content (AvgIpc) is 2.69. The highest BCUT2D eigenvalue weighted by atomic mass is 16.3. The van der Waals surface area contributed by atoms with Crippen LogP contribution in [-0.2, 0) is 16.6 Å². The van der Waals surface area contributed by atoms with E-state index in [0.29, 0.717) is 42.3 Å². The van der Waals surface area contributed by atoms with E-state index in [-0.39, 0.29) is 22.5 Å². The van der Waals surface area contributed by atoms with Crippen molar-refractivity contribution in [3.63, 3.8) is 0 Å². The van der Waals surface area contributed by atoms with Gasteiger partial charge in [-0.15, -0.1) is 0 Å². The molecule has 2 aromatic rings. The van der Waals surface area contributed by atoms with Crippen molar-refractivity contribution >= 4 is 11.5 Å². The number of ketones is 1. The number of benzene rings is 1. The molecule has 1 heterocycles. The normalized spacial score (nSPS) is 15.7. The van der Waals surface area contributed by atoms with E-state index in [2.05, 4.69) is 13.8 Å². The van der Waals surface area contributed by atoms with Crippen molar-refractivity contribution in [3.05, 3.63) is 63.0 Å². The predicted molar refractivity (Wildman–Crippen MR) is 116 cm³/mol. The molecule has 0 saturated heterocycles. The Morgan fingerprint density at radius 1 is 1.03 bits per heavy atom. The molecule has 0 amide bonds. The van der Waals surface area contributed by atoms with Crippen LogP contribution in [0.3, 0.4) is 0 Å². The summed E-state index contributed by atoms with van der Waals surface area (Å²) in [6, 6.07) is 9.39. The lowest BCUT2D eigenvalue weighted by molar-refractivity contribution is -0.122. The van der Waals surface area contributed by atoms with Gasteiger partial charge in [-0.1, -0.05) is 58.9 Å². The zero-order valence-electron chi connectivity index (χ0n) is 18.0. The molecule has 4 nitrogen and oxygen atoms in total. The van der Waals surface area contributed by atoms with E-state index in [0.717, 1.165) is 12.0 Å². The van der Waals surface area contributed by atoms with Crippen LogP contribution in [0.2, 0.25) is 0 Å². The number of Topliss-reactive ketones (excluding diaryl/α,β-unsaturated/α-hetero) is 1. The van der Waals surface area contributed by atoms with E-state index in [1.165, 1.54) is 11.6 Å². The number of carbonyl (C=O) groups excluding carboxylic acids is 1. The molecule has 1 aliphatic carbocycles. The molecule has 1 N–H and O–H groups in total. The van der Waals surface area contributed by atoms with E-state index in [9.17, 15) is 14.7 Å². The zero-order chi connectivity index (χ0) is 21.3. The van der Waals surface area contributed by atoms with Gasteiger partial charge in [0.05, 0.1) is 5.41 Å². The molecule has 1 aromatic heterocycles. The maximum absolute atomic E-state index is 13.2. The lowest BCUT2D eigenvalue weighted by Crippen LogP contribution is -2.41. The van der Waals surface area contributed by atoms with Crippen molar-refractivity contribution in [1.29, 1.82) is 0 Å². The molecule has 1 aromatic carbocycles. The summed E-state index contributed by atoms with van der Waals surface area (Å²) in [5.41, 5.74) is 1.25. The van der Waals surface area contributed by atoms with Crippen LogP contribution in [0.15, 0.2) is 45.1 Å². The molecule has 0 unspecified atom stereocenters. The van der Waals surface area contributed by atoms with E-state index in [1.807, 2.05) is 45.0 Å². The third kappa shape index (κ3) is 3.45. The van der Waals surface area contributed by atoms with Gasteiger partial charge in [-0.3, -0.25) is 9.59 Å². The van der Waals surface area contributed by atoms with Gasteiger partial charge in [0.2, 0.25) is 0 Å². The van der Waals surface area contributed by atoms with Gasteiger partial charge in [-0.2, -0.15) is 0 Å². The van der Waals surface area contributed by atoms with Crippen LogP contribution in [0.4, 0.5) is 0 Å². The van der Waals surface area contributed by atoms with Crippen LogP contribution >= 0.6 is 0 Å². The Balaban J connectivity index is 2.21. The van der Waals surface area contributed by atoms with Gasteiger partial charge in [0.15, 0.2) is 11.2 Å². The topological polar surface area (TPSA) is 67.5 Å². The van der Waals surface area contributed by atoms with Crippen molar-refractivity contribution in [3.8, 4) is 11.3 Å². The first kappa shape index (κ1) is 21.1. The summed E-state index contributed by atoms with van der Waals surface area (Å²) in [5, 5.41) is 10.7. The van der Waals surface area contributed by atoms with Crippen LogP contribution in [0, 0.1) is 5.92 Å². The zero-order valence-corrected chi connectivity index (χ0v) is 18.0. The second kappa shape index (κ2) is 8.02. The largest absolute Gasteiger partial charge is 0.507 e. The first-order valence-corrected chi connectivity index (χ1v) is 10.5. The molecule has 154 valence electrons. The molecular formula is C25H30O4. The van der Waals surface area contributed by atoms with E-state index in [1.54, 1.807) is 0 Å². The Kier molecular flexibility index (Phi) is 5.83. The summed E-state index contributed by atoms with van der Waals surface area (Å²) in [6.07, 6.45) is 2.37. The highest BCUT2D eigenvalue weighted by molar-refractivity contribution is 6.10. The van der Waals surface area contributed by atoms with Crippen molar-refractivity contribution in [1.82, 2.24) is 0 Å². The van der Waals surface area contributed by atoms with Crippen molar-refractivity contribution in [2.24, 2.45) is 5.92 Å². The van der Waals surface area contributed by atoms with Gasteiger partial charge >= 0.3 is 0 Å². The molecule has 29 heavy (non-hydrogen) atoms. The van der Waals surface area contributed by atoms with Gasteiger partial charge in [0.1, 0.15) is 22.8 Å². The summed E-state index contributed by atoms with van der Waals surface area (Å²) in [5.74, 6) is 0.929. The van der Waals surface area contributed by atoms with Crippen molar-refractivity contribution in [2.45, 2.75) is 65.7 Å². The molecule has 0 saturated carbocycles. The van der Waals surface area contributed by atoms with E-state index in [4.69, 9.17) is 4.42 Å². The molecular weight excluding hydrogens is 364 g/mol. The quantitative estimate of drug-likeness (QED) is 0.670. The number of hydrogen-bond acceptors (Lipinski definition) is 4. The van der Waals surface area contributed by atoms with Gasteiger partial charge in [-0.25, -0.2) is 0 Å². The fourth-order valence-electron chi connectivity index (χ4n) is 4.34. The molecule has 0 spiro atoms. The fraction of sp³-hybridized carbons (Fsp3) is 0.440. The fourth-order valence-corrected chi connectivity index (χ4v) is 4.34. The summed E-state index contributed by atoms with van der Waals surface area (Å²) in [7, 11) is 0. The summed E-state index contributed by atoms with van der Waals surface area (Å²) in [4.78, 5) is 26.2. The Morgan fingerprint density at radius 3 is 2.17 bits per heavy atom. The van der Waals surface area contributed by atoms with Crippen LogP contribution < -0.4 is 5.43 Å². The Morgan fingerprint density at radius 2 is 1.66 bits per heavy atom. The SMILES string of the molecule is CCC1=C(O)c2c(oc(-c3ccc(CC(C)C)cc3)cc2=O)C(CC)(CC)C1=O. The second-order valence-electron chi connectivity index (χ2n) is 8.27. The number of allylic oxidation sites excluding steroid dienone is 1. The summed E-state index contributed by atoms with van der Waals surface area (Å²) in [6.45, 7) is 10.0. The first-order valence-electron chi connectivity index (χ1n) is 10.5. The highest BCUT2D eigenvalue weighted by Gasteiger charge is 2.48. The smallest absolute Gasteiger partial charge is 0.196 e. The average molecular weight is 395 g/mol. The van der Waals surface area contributed by atoms with Crippen LogP contribution in [-0.4, -0.2) is 10.9 Å². The highest BCUT2D eigenvalue weighted by Crippen LogP contribution is 2.44. The lowest BCUT2D eigenvalue weighted by atomic mass is 9.68. The molecule has 4 heteroatoms. The van der Waals surface area contributed by atoms with Crippen molar-refractivity contribution in [2.75, 3.05) is 0 Å². The second-order valence-corrected chi connectivity index (χ2v) is 8.27. The van der Waals surface area contributed by atoms with Crippen LogP contribution in [0.5, 0.6) is 0 Å². The first-order chi connectivity index (χ1) is 13.8. The van der Waals surface area contributed by atoms with E-state index < -0.39 is 5.41 Å². The van der Waals surface area contributed by atoms with E-state index >= 15 is 0 Å². The minimum absolute atomic E-state index is 0.136. The molecule has 3 rings (SSSR count). The minimum Gasteiger partial charge on any atom is -0.507 e. The lowest BCUT2D eigenvalue weighted by Gasteiger charge is -2.35. The number of fused-ring (bicyclic) bond motifs is 1. The van der Waals surface area contributed by atoms with Gasteiger partial charge in [0, 0.05) is 17.2 Å². The third-order valence-electron chi connectivity index (χ3n) is 6.06. The Labute approximate surface area is 172 Å². The van der Waals surface area contributed by atoms with Crippen LogP contribution in [0.1, 0.15) is 70.8 Å². The minimum atomic E-state index is -0.917. The number of hydrogen-bond donors (Lipinski definition) is 1. The van der Waals surface area contributed by atoms with Crippen LogP contribution in [0.25, 0.3) is 17.1 Å². The summed E-state index contributed by atoms with van der Waals surface area (Å²) >= 11 is 0. The maximum atomic E-state index is 13.2. The van der Waals surface area contributed by atoms with Gasteiger partial charge in [0.25, 0.3) is 0 Å². The number of aliphatic hydroxyl groups is 1. The molecule has 0 bridgehead atoms. The standard InChI is InChI=1S/C25H30O4/c1-6-18-22(27)21-19(26)14-20(17-11-9-16(10-12-17)13-15(4)5)29-24(21)25(7-2,8-3)23(18)28/h9-12,14-15,27H,6-8,13H2,1-5H3. The molecule has 0 radical (unpaired) electrons. The molecule has 0 fully saturated rings. The third-order valence-corrected chi connectivity index (χ3v) is 6.06. The Hall–Kier alpha value is -2.62. The van der Waals surface area contributed by atoms with Crippen molar-refractivity contribution < 1.29 is 14.3 Å². The van der Waals surface area contributed by atoms with Gasteiger partial charge in [-0.05, 0) is 37.2 Å². The molecule has 1 aliphatic rings. The summed E-state index contributed by atoms with van der Waals surface area (Å²) < 4.78 is 6.20. The molecule has 0 aliphatic heterocycles.